The van der Waals surface area contributed by atoms with Crippen molar-refractivity contribution >= 4 is 33.6 Å². The summed E-state index contributed by atoms with van der Waals surface area (Å²) in [6, 6.07) is 7.53. The monoisotopic (exact) mass is 393 g/mol. The fourth-order valence-corrected chi connectivity index (χ4v) is 3.24. The molecule has 0 amide bonds. The minimum atomic E-state index is -0.653. The third-order valence-electron chi connectivity index (χ3n) is 4.01. The number of nitrogens with zero attached hydrogens (tertiary/aromatic N) is 1. The first kappa shape index (κ1) is 18.4. The van der Waals surface area contributed by atoms with Crippen LogP contribution in [0.5, 0.6) is 0 Å². The van der Waals surface area contributed by atoms with Crippen LogP contribution < -0.4 is 0 Å². The molecule has 1 heterocycles. The normalized spacial score (nSPS) is 20.5. The summed E-state index contributed by atoms with van der Waals surface area (Å²) in [7, 11) is 1.34. The molecule has 0 saturated heterocycles. The van der Waals surface area contributed by atoms with Gasteiger partial charge in [0.2, 0.25) is 0 Å². The van der Waals surface area contributed by atoms with E-state index < -0.39 is 23.8 Å². The lowest BCUT2D eigenvalue weighted by Gasteiger charge is -2.31. The van der Waals surface area contributed by atoms with Crippen molar-refractivity contribution in [3.05, 3.63) is 45.6 Å². The van der Waals surface area contributed by atoms with Crippen LogP contribution in [-0.4, -0.2) is 31.4 Å². The van der Waals surface area contributed by atoms with E-state index >= 15 is 0 Å². The second-order valence-electron chi connectivity index (χ2n) is 5.50. The first-order valence-electron chi connectivity index (χ1n) is 7.67. The van der Waals surface area contributed by atoms with Crippen molar-refractivity contribution in [3.63, 3.8) is 0 Å². The average molecular weight is 394 g/mol. The second kappa shape index (κ2) is 7.75. The van der Waals surface area contributed by atoms with Crippen molar-refractivity contribution in [2.75, 3.05) is 13.7 Å². The van der Waals surface area contributed by atoms with Crippen molar-refractivity contribution in [2.45, 2.75) is 26.7 Å². The molecule has 128 valence electrons. The van der Waals surface area contributed by atoms with Crippen LogP contribution in [0, 0.1) is 5.92 Å². The van der Waals surface area contributed by atoms with Gasteiger partial charge in [-0.05, 0) is 38.5 Å². The Morgan fingerprint density at radius 3 is 2.38 bits per heavy atom. The van der Waals surface area contributed by atoms with Crippen LogP contribution in [-0.2, 0) is 19.1 Å². The maximum absolute atomic E-state index is 12.5. The molecule has 1 aromatic carbocycles. The van der Waals surface area contributed by atoms with Crippen molar-refractivity contribution in [2.24, 2.45) is 10.9 Å². The minimum absolute atomic E-state index is 0.258. The fraction of sp³-hybridized carbons (Fsp3) is 0.389. The van der Waals surface area contributed by atoms with Gasteiger partial charge in [-0.3, -0.25) is 9.79 Å². The number of benzene rings is 1. The van der Waals surface area contributed by atoms with E-state index in [0.29, 0.717) is 17.0 Å². The molecule has 0 unspecified atom stereocenters. The Morgan fingerprint density at radius 2 is 1.83 bits per heavy atom. The number of carbonyl (C=O) groups excluding carboxylic acids is 2. The molecule has 24 heavy (non-hydrogen) atoms. The molecule has 6 heteroatoms. The lowest BCUT2D eigenvalue weighted by atomic mass is 9.75. The number of halogens is 1. The molecular formula is C18H20BrNO4. The van der Waals surface area contributed by atoms with Crippen molar-refractivity contribution < 1.29 is 19.1 Å². The largest absolute Gasteiger partial charge is 0.468 e. The molecular weight excluding hydrogens is 374 g/mol. The summed E-state index contributed by atoms with van der Waals surface area (Å²) >= 11 is 3.40. The number of rotatable bonds is 4. The molecule has 5 nitrogen and oxygen atoms in total. The van der Waals surface area contributed by atoms with E-state index in [1.165, 1.54) is 7.11 Å². The topological polar surface area (TPSA) is 65.0 Å². The number of carbonyl (C=O) groups is 2. The van der Waals surface area contributed by atoms with Crippen LogP contribution in [0.25, 0.3) is 0 Å². The lowest BCUT2D eigenvalue weighted by Crippen LogP contribution is -2.36. The Balaban J connectivity index is 2.62. The van der Waals surface area contributed by atoms with Gasteiger partial charge in [0.25, 0.3) is 0 Å². The van der Waals surface area contributed by atoms with Gasteiger partial charge in [-0.25, -0.2) is 4.79 Å². The summed E-state index contributed by atoms with van der Waals surface area (Å²) in [5, 5.41) is 0. The van der Waals surface area contributed by atoms with Gasteiger partial charge in [0.05, 0.1) is 19.3 Å². The van der Waals surface area contributed by atoms with Gasteiger partial charge in [-0.1, -0.05) is 28.1 Å². The fourth-order valence-electron chi connectivity index (χ4n) is 2.97. The molecule has 0 saturated carbocycles. The van der Waals surface area contributed by atoms with Crippen LogP contribution in [0.2, 0.25) is 0 Å². The highest BCUT2D eigenvalue weighted by Gasteiger charge is 2.42. The first-order valence-corrected chi connectivity index (χ1v) is 8.46. The number of ether oxygens (including phenoxy) is 2. The Hall–Kier alpha value is -1.95. The maximum atomic E-state index is 12.5. The Kier molecular flexibility index (Phi) is 5.94. The molecule has 1 aliphatic rings. The van der Waals surface area contributed by atoms with Crippen LogP contribution in [0.15, 0.2) is 45.0 Å². The number of allylic oxidation sites excluding steroid dienone is 1. The zero-order valence-electron chi connectivity index (χ0n) is 14.1. The molecule has 0 N–H and O–H groups in total. The van der Waals surface area contributed by atoms with E-state index in [2.05, 4.69) is 20.9 Å². The van der Waals surface area contributed by atoms with Gasteiger partial charge in [-0.2, -0.15) is 0 Å². The van der Waals surface area contributed by atoms with Gasteiger partial charge in [-0.15, -0.1) is 0 Å². The second-order valence-corrected chi connectivity index (χ2v) is 6.42. The third kappa shape index (κ3) is 3.59. The Bertz CT molecular complexity index is 706. The number of hydrogen-bond donors (Lipinski definition) is 0. The van der Waals surface area contributed by atoms with E-state index in [-0.39, 0.29) is 6.61 Å². The number of methoxy groups -OCH3 is 1. The summed E-state index contributed by atoms with van der Waals surface area (Å²) in [5.74, 6) is -2.01. The lowest BCUT2D eigenvalue weighted by molar-refractivity contribution is -0.144. The van der Waals surface area contributed by atoms with Crippen molar-refractivity contribution in [1.82, 2.24) is 0 Å². The minimum Gasteiger partial charge on any atom is -0.468 e. The van der Waals surface area contributed by atoms with Crippen LogP contribution in [0.1, 0.15) is 32.3 Å². The zero-order chi connectivity index (χ0) is 17.9. The van der Waals surface area contributed by atoms with Crippen LogP contribution in [0.3, 0.4) is 0 Å². The highest BCUT2D eigenvalue weighted by Crippen LogP contribution is 2.40. The SMILES string of the molecule is CCOC(=O)C1=C(C)N=C(C)[C@@H](C(=O)OC)[C@@H]1c1ccc(Br)cc1. The molecule has 1 aliphatic heterocycles. The quantitative estimate of drug-likeness (QED) is 0.732. The van der Waals surface area contributed by atoms with Crippen molar-refractivity contribution in [1.29, 1.82) is 0 Å². The van der Waals surface area contributed by atoms with Gasteiger partial charge < -0.3 is 9.47 Å². The van der Waals surface area contributed by atoms with Gasteiger partial charge >= 0.3 is 11.9 Å². The average Bonchev–Trinajstić information content (AvgIpc) is 2.54. The molecule has 0 fully saturated rings. The molecule has 2 atom stereocenters. The Morgan fingerprint density at radius 1 is 1.21 bits per heavy atom. The van der Waals surface area contributed by atoms with Gasteiger partial charge in [0.15, 0.2) is 0 Å². The van der Waals surface area contributed by atoms with Crippen molar-refractivity contribution in [3.8, 4) is 0 Å². The molecule has 2 rings (SSSR count). The maximum Gasteiger partial charge on any atom is 0.336 e. The van der Waals surface area contributed by atoms with E-state index in [4.69, 9.17) is 9.47 Å². The van der Waals surface area contributed by atoms with E-state index in [1.807, 2.05) is 24.3 Å². The number of esters is 2. The number of aliphatic imine (C=N–C) groups is 1. The Labute approximate surface area is 149 Å². The summed E-state index contributed by atoms with van der Waals surface area (Å²) in [6.07, 6.45) is 0. The number of hydrogen-bond acceptors (Lipinski definition) is 5. The van der Waals surface area contributed by atoms with E-state index in [0.717, 1.165) is 10.0 Å². The highest BCUT2D eigenvalue weighted by atomic mass is 79.9. The predicted molar refractivity (Wildman–Crippen MR) is 94.8 cm³/mol. The molecule has 0 aliphatic carbocycles. The summed E-state index contributed by atoms with van der Waals surface area (Å²) in [6.45, 7) is 5.54. The summed E-state index contributed by atoms with van der Waals surface area (Å²) < 4.78 is 11.1. The smallest absolute Gasteiger partial charge is 0.336 e. The standard InChI is InChI=1S/C18H20BrNO4/c1-5-24-18(22)15-11(3)20-10(2)14(17(21)23-4)16(15)12-6-8-13(19)9-7-12/h6-9,14,16H,5H2,1-4H3/t14-,16+/m1/s1. The first-order chi connectivity index (χ1) is 11.4. The molecule has 0 aromatic heterocycles. The highest BCUT2D eigenvalue weighted by molar-refractivity contribution is 9.10. The molecule has 0 radical (unpaired) electrons. The molecule has 1 aromatic rings. The zero-order valence-corrected chi connectivity index (χ0v) is 15.7. The third-order valence-corrected chi connectivity index (χ3v) is 4.54. The van der Waals surface area contributed by atoms with Gasteiger partial charge in [0, 0.05) is 21.8 Å². The molecule has 0 spiro atoms. The van der Waals surface area contributed by atoms with E-state index in [1.54, 1.807) is 20.8 Å². The molecule has 0 bridgehead atoms. The van der Waals surface area contributed by atoms with Crippen LogP contribution in [0.4, 0.5) is 0 Å². The van der Waals surface area contributed by atoms with Crippen LogP contribution >= 0.6 is 15.9 Å². The summed E-state index contributed by atoms with van der Waals surface area (Å²) in [5.41, 5.74) is 2.43. The summed E-state index contributed by atoms with van der Waals surface area (Å²) in [4.78, 5) is 29.3. The van der Waals surface area contributed by atoms with E-state index in [9.17, 15) is 9.59 Å². The predicted octanol–water partition coefficient (Wildman–Crippen LogP) is 3.63. The van der Waals surface area contributed by atoms with Gasteiger partial charge in [0.1, 0.15) is 5.92 Å².